The van der Waals surface area contributed by atoms with Crippen LogP contribution in [0.2, 0.25) is 10.0 Å². The number of halogens is 2. The molecule has 0 radical (unpaired) electrons. The van der Waals surface area contributed by atoms with Crippen LogP contribution in [-0.2, 0) is 13.0 Å². The Balaban J connectivity index is 1.80. The smallest absolute Gasteiger partial charge is 0.0823 e. The zero-order valence-electron chi connectivity index (χ0n) is 10.3. The normalized spacial score (nSPS) is 12.9. The lowest BCUT2D eigenvalue weighted by Gasteiger charge is -2.12. The summed E-state index contributed by atoms with van der Waals surface area (Å²) >= 11 is 12.2. The summed E-state index contributed by atoms with van der Waals surface area (Å²) in [5.74, 6) is 0. The summed E-state index contributed by atoms with van der Waals surface area (Å²) in [5, 5.41) is 7.92. The molecule has 0 saturated carbocycles. The van der Waals surface area contributed by atoms with Crippen molar-refractivity contribution in [1.29, 1.82) is 0 Å². The van der Waals surface area contributed by atoms with Crippen molar-refractivity contribution >= 4 is 34.6 Å². The highest BCUT2D eigenvalue weighted by Gasteiger charge is 2.13. The van der Waals surface area contributed by atoms with Gasteiger partial charge in [0.15, 0.2) is 0 Å². The van der Waals surface area contributed by atoms with Gasteiger partial charge in [-0.2, -0.15) is 0 Å². The number of nitrogens with one attached hydrogen (secondary N) is 2. The number of benzene rings is 2. The summed E-state index contributed by atoms with van der Waals surface area (Å²) in [7, 11) is 0. The van der Waals surface area contributed by atoms with Crippen LogP contribution in [0, 0.1) is 0 Å². The highest BCUT2D eigenvalue weighted by molar-refractivity contribution is 6.43. The second-order valence-electron chi connectivity index (χ2n) is 4.58. The lowest BCUT2D eigenvalue weighted by Crippen LogP contribution is -2.03. The Morgan fingerprint density at radius 1 is 1.11 bits per heavy atom. The van der Waals surface area contributed by atoms with Crippen LogP contribution in [-0.4, -0.2) is 6.54 Å². The highest BCUT2D eigenvalue weighted by Crippen LogP contribution is 2.31. The van der Waals surface area contributed by atoms with E-state index in [4.69, 9.17) is 23.2 Å². The van der Waals surface area contributed by atoms with Crippen LogP contribution in [0.15, 0.2) is 36.4 Å². The SMILES string of the molecule is Clc1cccc(NCc2cccc3c2NCC3)c1Cl. The molecule has 0 amide bonds. The van der Waals surface area contributed by atoms with Gasteiger partial charge in [-0.25, -0.2) is 0 Å². The first kappa shape index (κ1) is 12.6. The number of fused-ring (bicyclic) bond motifs is 1. The van der Waals surface area contributed by atoms with Crippen LogP contribution in [0.1, 0.15) is 11.1 Å². The Morgan fingerprint density at radius 3 is 2.84 bits per heavy atom. The Morgan fingerprint density at radius 2 is 1.95 bits per heavy atom. The summed E-state index contributed by atoms with van der Waals surface area (Å²) in [6.07, 6.45) is 1.10. The van der Waals surface area contributed by atoms with Crippen molar-refractivity contribution in [1.82, 2.24) is 0 Å². The lowest BCUT2D eigenvalue weighted by atomic mass is 10.1. The maximum Gasteiger partial charge on any atom is 0.0823 e. The molecule has 19 heavy (non-hydrogen) atoms. The second kappa shape index (κ2) is 5.32. The molecule has 0 unspecified atom stereocenters. The van der Waals surface area contributed by atoms with Gasteiger partial charge in [0.05, 0.1) is 15.7 Å². The third-order valence-corrected chi connectivity index (χ3v) is 4.17. The third kappa shape index (κ3) is 2.51. The van der Waals surface area contributed by atoms with E-state index in [1.807, 2.05) is 12.1 Å². The topological polar surface area (TPSA) is 24.1 Å². The van der Waals surface area contributed by atoms with Crippen molar-refractivity contribution in [3.05, 3.63) is 57.6 Å². The van der Waals surface area contributed by atoms with E-state index in [9.17, 15) is 0 Å². The summed E-state index contributed by atoms with van der Waals surface area (Å²) in [6, 6.07) is 12.0. The first-order valence-electron chi connectivity index (χ1n) is 6.28. The van der Waals surface area contributed by atoms with Gasteiger partial charge in [0.25, 0.3) is 0 Å². The third-order valence-electron chi connectivity index (χ3n) is 3.35. The van der Waals surface area contributed by atoms with Gasteiger partial charge in [0.1, 0.15) is 0 Å². The number of rotatable bonds is 3. The molecule has 4 heteroatoms. The first-order chi connectivity index (χ1) is 9.25. The number of para-hydroxylation sites is 1. The fraction of sp³-hybridized carbons (Fsp3) is 0.200. The van der Waals surface area contributed by atoms with E-state index in [2.05, 4.69) is 28.8 Å². The van der Waals surface area contributed by atoms with E-state index in [0.29, 0.717) is 10.0 Å². The molecule has 1 aliphatic heterocycles. The molecule has 0 fully saturated rings. The minimum Gasteiger partial charge on any atom is -0.384 e. The molecule has 0 spiro atoms. The molecule has 2 nitrogen and oxygen atoms in total. The highest BCUT2D eigenvalue weighted by atomic mass is 35.5. The molecule has 2 aromatic rings. The van der Waals surface area contributed by atoms with Gasteiger partial charge in [-0.15, -0.1) is 0 Å². The molecule has 0 aliphatic carbocycles. The molecule has 0 saturated heterocycles. The zero-order valence-corrected chi connectivity index (χ0v) is 11.9. The van der Waals surface area contributed by atoms with Gasteiger partial charge < -0.3 is 10.6 Å². The van der Waals surface area contributed by atoms with Gasteiger partial charge in [0.2, 0.25) is 0 Å². The van der Waals surface area contributed by atoms with Crippen LogP contribution in [0.5, 0.6) is 0 Å². The van der Waals surface area contributed by atoms with Crippen LogP contribution in [0.3, 0.4) is 0 Å². The van der Waals surface area contributed by atoms with Crippen LogP contribution >= 0.6 is 23.2 Å². The molecule has 0 bridgehead atoms. The van der Waals surface area contributed by atoms with Crippen LogP contribution in [0.25, 0.3) is 0 Å². The van der Waals surface area contributed by atoms with Crippen molar-refractivity contribution in [3.8, 4) is 0 Å². The molecule has 98 valence electrons. The molecule has 0 atom stereocenters. The lowest BCUT2D eigenvalue weighted by molar-refractivity contribution is 1.11. The average molecular weight is 293 g/mol. The molecule has 3 rings (SSSR count). The van der Waals surface area contributed by atoms with Crippen molar-refractivity contribution in [2.24, 2.45) is 0 Å². The Labute approximate surface area is 122 Å². The fourth-order valence-electron chi connectivity index (χ4n) is 2.39. The quantitative estimate of drug-likeness (QED) is 0.866. The van der Waals surface area contributed by atoms with Gasteiger partial charge >= 0.3 is 0 Å². The van der Waals surface area contributed by atoms with E-state index >= 15 is 0 Å². The Hall–Kier alpha value is -1.38. The second-order valence-corrected chi connectivity index (χ2v) is 5.37. The molecule has 2 aromatic carbocycles. The summed E-state index contributed by atoms with van der Waals surface area (Å²) in [4.78, 5) is 0. The van der Waals surface area contributed by atoms with Crippen molar-refractivity contribution < 1.29 is 0 Å². The summed E-state index contributed by atoms with van der Waals surface area (Å²) in [5.41, 5.74) is 4.76. The predicted octanol–water partition coefficient (Wildman–Crippen LogP) is 4.57. The maximum absolute atomic E-state index is 6.17. The molecule has 0 aromatic heterocycles. The summed E-state index contributed by atoms with van der Waals surface area (Å²) in [6.45, 7) is 1.75. The van der Waals surface area contributed by atoms with Crippen LogP contribution in [0.4, 0.5) is 11.4 Å². The number of hydrogen-bond acceptors (Lipinski definition) is 2. The molecular weight excluding hydrogens is 279 g/mol. The average Bonchev–Trinajstić information content (AvgIpc) is 2.89. The monoisotopic (exact) mass is 292 g/mol. The minimum absolute atomic E-state index is 0.572. The minimum atomic E-state index is 0.572. The number of anilines is 2. The van der Waals surface area contributed by atoms with Crippen molar-refractivity contribution in [2.75, 3.05) is 17.2 Å². The maximum atomic E-state index is 6.17. The van der Waals surface area contributed by atoms with Gasteiger partial charge in [-0.1, -0.05) is 47.5 Å². The number of hydrogen-bond donors (Lipinski definition) is 2. The standard InChI is InChI=1S/C15H14Cl2N2/c16-12-5-2-6-13(14(12)17)19-9-11-4-1-3-10-7-8-18-15(10)11/h1-6,18-19H,7-9H2. The van der Waals surface area contributed by atoms with Crippen molar-refractivity contribution in [3.63, 3.8) is 0 Å². The largest absolute Gasteiger partial charge is 0.384 e. The fourth-order valence-corrected chi connectivity index (χ4v) is 2.76. The van der Waals surface area contributed by atoms with E-state index in [0.717, 1.165) is 25.2 Å². The Bertz CT molecular complexity index is 611. The van der Waals surface area contributed by atoms with E-state index < -0.39 is 0 Å². The molecular formula is C15H14Cl2N2. The Kier molecular flexibility index (Phi) is 3.54. The van der Waals surface area contributed by atoms with Crippen LogP contribution < -0.4 is 10.6 Å². The van der Waals surface area contributed by atoms with Gasteiger partial charge in [0, 0.05) is 18.8 Å². The summed E-state index contributed by atoms with van der Waals surface area (Å²) < 4.78 is 0. The van der Waals surface area contributed by atoms with Crippen molar-refractivity contribution in [2.45, 2.75) is 13.0 Å². The van der Waals surface area contributed by atoms with E-state index in [1.165, 1.54) is 16.8 Å². The predicted molar refractivity (Wildman–Crippen MR) is 82.4 cm³/mol. The van der Waals surface area contributed by atoms with E-state index in [-0.39, 0.29) is 0 Å². The van der Waals surface area contributed by atoms with Gasteiger partial charge in [-0.05, 0) is 29.7 Å². The molecule has 1 aliphatic rings. The molecule has 1 heterocycles. The zero-order chi connectivity index (χ0) is 13.2. The molecule has 2 N–H and O–H groups in total. The van der Waals surface area contributed by atoms with Gasteiger partial charge in [-0.3, -0.25) is 0 Å². The van der Waals surface area contributed by atoms with E-state index in [1.54, 1.807) is 6.07 Å². The first-order valence-corrected chi connectivity index (χ1v) is 7.04.